The van der Waals surface area contributed by atoms with Crippen molar-refractivity contribution in [2.75, 3.05) is 5.32 Å². The second-order valence-electron chi connectivity index (χ2n) is 3.41. The standard InChI is InChI=1S/C11H7F3N2OS/c12-11(13,14)7-2-1-3-8(4-7)16-10(17)9-5-18-6-15-9/h1-6H,(H,16,17). The van der Waals surface area contributed by atoms with Crippen LogP contribution >= 0.6 is 11.3 Å². The van der Waals surface area contributed by atoms with Crippen LogP contribution < -0.4 is 5.32 Å². The Kier molecular flexibility index (Phi) is 3.33. The second kappa shape index (κ2) is 4.77. The molecule has 94 valence electrons. The van der Waals surface area contributed by atoms with E-state index in [2.05, 4.69) is 10.3 Å². The number of carbonyl (C=O) groups excluding carboxylic acids is 1. The summed E-state index contributed by atoms with van der Waals surface area (Å²) in [5, 5.41) is 3.88. The maximum Gasteiger partial charge on any atom is 0.416 e. The molecule has 0 aliphatic rings. The van der Waals surface area contributed by atoms with Gasteiger partial charge in [-0.2, -0.15) is 13.2 Å². The number of thiazole rings is 1. The van der Waals surface area contributed by atoms with E-state index < -0.39 is 17.6 Å². The quantitative estimate of drug-likeness (QED) is 0.910. The fraction of sp³-hybridized carbons (Fsp3) is 0.0909. The zero-order valence-corrected chi connectivity index (χ0v) is 9.68. The lowest BCUT2D eigenvalue weighted by molar-refractivity contribution is -0.137. The number of hydrogen-bond donors (Lipinski definition) is 1. The Morgan fingerprint density at radius 3 is 2.72 bits per heavy atom. The molecule has 18 heavy (non-hydrogen) atoms. The van der Waals surface area contributed by atoms with Crippen LogP contribution in [0.25, 0.3) is 0 Å². The second-order valence-corrected chi connectivity index (χ2v) is 4.13. The SMILES string of the molecule is O=C(Nc1cccc(C(F)(F)F)c1)c1cscn1. The third kappa shape index (κ3) is 2.86. The third-order valence-corrected chi connectivity index (χ3v) is 2.70. The first-order valence-electron chi connectivity index (χ1n) is 4.83. The molecule has 3 nitrogen and oxygen atoms in total. The Hall–Kier alpha value is -1.89. The van der Waals surface area contributed by atoms with E-state index in [1.54, 1.807) is 0 Å². The minimum absolute atomic E-state index is 0.0859. The number of amides is 1. The van der Waals surface area contributed by atoms with Crippen LogP contribution in [0, 0.1) is 0 Å². The maximum atomic E-state index is 12.5. The van der Waals surface area contributed by atoms with E-state index in [0.717, 1.165) is 12.1 Å². The minimum Gasteiger partial charge on any atom is -0.321 e. The van der Waals surface area contributed by atoms with Gasteiger partial charge < -0.3 is 5.32 Å². The van der Waals surface area contributed by atoms with Crippen LogP contribution in [0.5, 0.6) is 0 Å². The molecule has 1 heterocycles. The highest BCUT2D eigenvalue weighted by Crippen LogP contribution is 2.30. The molecule has 0 bridgehead atoms. The Bertz CT molecular complexity index is 552. The molecule has 0 saturated heterocycles. The summed E-state index contributed by atoms with van der Waals surface area (Å²) in [6, 6.07) is 4.45. The van der Waals surface area contributed by atoms with Crippen LogP contribution in [0.4, 0.5) is 18.9 Å². The van der Waals surface area contributed by atoms with Crippen LogP contribution in [-0.2, 0) is 6.18 Å². The van der Waals surface area contributed by atoms with Gasteiger partial charge in [-0.3, -0.25) is 4.79 Å². The first-order chi connectivity index (χ1) is 8.47. The lowest BCUT2D eigenvalue weighted by atomic mass is 10.2. The van der Waals surface area contributed by atoms with Gasteiger partial charge in [0, 0.05) is 11.1 Å². The number of benzene rings is 1. The smallest absolute Gasteiger partial charge is 0.321 e. The monoisotopic (exact) mass is 272 g/mol. The summed E-state index contributed by atoms with van der Waals surface area (Å²) in [5.74, 6) is -0.532. The summed E-state index contributed by atoms with van der Waals surface area (Å²) in [5.41, 5.74) is 0.930. The van der Waals surface area contributed by atoms with Gasteiger partial charge in [0.25, 0.3) is 5.91 Å². The molecule has 1 aromatic carbocycles. The molecule has 0 unspecified atom stereocenters. The zero-order valence-electron chi connectivity index (χ0n) is 8.86. The fourth-order valence-electron chi connectivity index (χ4n) is 1.29. The van der Waals surface area contributed by atoms with Gasteiger partial charge in [-0.05, 0) is 18.2 Å². The molecule has 0 aliphatic carbocycles. The summed E-state index contributed by atoms with van der Waals surface area (Å²) in [7, 11) is 0. The Morgan fingerprint density at radius 1 is 1.33 bits per heavy atom. The van der Waals surface area contributed by atoms with Gasteiger partial charge in [-0.25, -0.2) is 4.98 Å². The molecule has 0 fully saturated rings. The number of hydrogen-bond acceptors (Lipinski definition) is 3. The number of anilines is 1. The normalized spacial score (nSPS) is 11.3. The van der Waals surface area contributed by atoms with Gasteiger partial charge in [0.2, 0.25) is 0 Å². The number of halogens is 3. The molecule has 1 aromatic heterocycles. The predicted octanol–water partition coefficient (Wildman–Crippen LogP) is 3.41. The van der Waals surface area contributed by atoms with Gasteiger partial charge >= 0.3 is 6.18 Å². The Morgan fingerprint density at radius 2 is 2.11 bits per heavy atom. The average molecular weight is 272 g/mol. The predicted molar refractivity (Wildman–Crippen MR) is 61.5 cm³/mol. The van der Waals surface area contributed by atoms with Crippen LogP contribution in [0.2, 0.25) is 0 Å². The highest BCUT2D eigenvalue weighted by atomic mass is 32.1. The van der Waals surface area contributed by atoms with Crippen molar-refractivity contribution in [3.8, 4) is 0 Å². The van der Waals surface area contributed by atoms with Crippen LogP contribution in [0.3, 0.4) is 0 Å². The number of carbonyl (C=O) groups is 1. The van der Waals surface area contributed by atoms with Crippen molar-refractivity contribution in [3.05, 3.63) is 46.4 Å². The van der Waals surface area contributed by atoms with Crippen LogP contribution in [0.1, 0.15) is 16.1 Å². The molecule has 0 radical (unpaired) electrons. The van der Waals surface area contributed by atoms with Crippen molar-refractivity contribution in [2.24, 2.45) is 0 Å². The van der Waals surface area contributed by atoms with Crippen LogP contribution in [0.15, 0.2) is 35.2 Å². The number of rotatable bonds is 2. The molecule has 2 rings (SSSR count). The van der Waals surface area contributed by atoms with Gasteiger partial charge in [-0.1, -0.05) is 6.07 Å². The lowest BCUT2D eigenvalue weighted by Gasteiger charge is -2.09. The van der Waals surface area contributed by atoms with E-state index >= 15 is 0 Å². The first kappa shape index (κ1) is 12.6. The first-order valence-corrected chi connectivity index (χ1v) is 5.78. The topological polar surface area (TPSA) is 42.0 Å². The lowest BCUT2D eigenvalue weighted by Crippen LogP contribution is -2.13. The van der Waals surface area contributed by atoms with Crippen molar-refractivity contribution in [3.63, 3.8) is 0 Å². The van der Waals surface area contributed by atoms with Crippen molar-refractivity contribution in [2.45, 2.75) is 6.18 Å². The van der Waals surface area contributed by atoms with Crippen molar-refractivity contribution in [1.29, 1.82) is 0 Å². The molecule has 7 heteroatoms. The molecule has 0 saturated carbocycles. The fourth-order valence-corrected chi connectivity index (χ4v) is 1.83. The summed E-state index contributed by atoms with van der Waals surface area (Å²) < 4.78 is 37.4. The Labute approximate surface area is 104 Å². The molecular formula is C11H7F3N2OS. The van der Waals surface area contributed by atoms with Crippen molar-refractivity contribution >= 4 is 22.9 Å². The zero-order chi connectivity index (χ0) is 13.2. The van der Waals surface area contributed by atoms with Crippen molar-refractivity contribution < 1.29 is 18.0 Å². The minimum atomic E-state index is -4.43. The number of aromatic nitrogens is 1. The summed E-state index contributed by atoms with van der Waals surface area (Å²) in [6.45, 7) is 0. The van der Waals surface area contributed by atoms with Crippen LogP contribution in [-0.4, -0.2) is 10.9 Å². The molecule has 0 spiro atoms. The molecular weight excluding hydrogens is 265 g/mol. The van der Waals surface area contributed by atoms with Gasteiger partial charge in [0.05, 0.1) is 11.1 Å². The van der Waals surface area contributed by atoms with E-state index in [-0.39, 0.29) is 11.4 Å². The summed E-state index contributed by atoms with van der Waals surface area (Å²) in [6.07, 6.45) is -4.43. The largest absolute Gasteiger partial charge is 0.416 e. The number of nitrogens with one attached hydrogen (secondary N) is 1. The Balaban J connectivity index is 2.18. The highest BCUT2D eigenvalue weighted by Gasteiger charge is 2.30. The molecule has 2 aromatic rings. The third-order valence-electron chi connectivity index (χ3n) is 2.11. The summed E-state index contributed by atoms with van der Waals surface area (Å²) in [4.78, 5) is 15.4. The maximum absolute atomic E-state index is 12.5. The van der Waals surface area contributed by atoms with Gasteiger partial charge in [0.15, 0.2) is 0 Å². The van der Waals surface area contributed by atoms with E-state index in [1.165, 1.54) is 34.4 Å². The average Bonchev–Trinajstić information content (AvgIpc) is 2.81. The number of nitrogens with zero attached hydrogens (tertiary/aromatic N) is 1. The van der Waals surface area contributed by atoms with E-state index in [1.807, 2.05) is 0 Å². The molecule has 1 N–H and O–H groups in total. The van der Waals surface area contributed by atoms with E-state index in [0.29, 0.717) is 0 Å². The highest BCUT2D eigenvalue weighted by molar-refractivity contribution is 7.07. The van der Waals surface area contributed by atoms with E-state index in [4.69, 9.17) is 0 Å². The van der Waals surface area contributed by atoms with Gasteiger partial charge in [-0.15, -0.1) is 11.3 Å². The molecule has 1 amide bonds. The molecule has 0 atom stereocenters. The number of alkyl halides is 3. The summed E-state index contributed by atoms with van der Waals surface area (Å²) >= 11 is 1.23. The van der Waals surface area contributed by atoms with Crippen molar-refractivity contribution in [1.82, 2.24) is 4.98 Å². The van der Waals surface area contributed by atoms with Gasteiger partial charge in [0.1, 0.15) is 5.69 Å². The molecule has 0 aliphatic heterocycles. The van der Waals surface area contributed by atoms with E-state index in [9.17, 15) is 18.0 Å².